The molecule has 0 spiro atoms. The van der Waals surface area contributed by atoms with E-state index >= 15 is 0 Å². The van der Waals surface area contributed by atoms with Crippen LogP contribution in [0.5, 0.6) is 0 Å². The molecule has 1 heterocycles. The van der Waals surface area contributed by atoms with Crippen LogP contribution < -0.4 is 0 Å². The van der Waals surface area contributed by atoms with Crippen LogP contribution in [0.1, 0.15) is 19.8 Å². The molecule has 0 saturated carbocycles. The fourth-order valence-corrected chi connectivity index (χ4v) is 4.62. The molecule has 0 aliphatic carbocycles. The maximum absolute atomic E-state index is 11.9. The number of carbonyl (C=O) groups is 1. The summed E-state index contributed by atoms with van der Waals surface area (Å²) in [4.78, 5) is 11.0. The van der Waals surface area contributed by atoms with Crippen molar-refractivity contribution in [2.24, 2.45) is 0 Å². The first kappa shape index (κ1) is 13.8. The van der Waals surface area contributed by atoms with E-state index in [4.69, 9.17) is 5.11 Å². The van der Waals surface area contributed by atoms with Crippen molar-refractivity contribution >= 4 is 27.8 Å². The molecule has 7 heteroatoms. The zero-order valence-electron chi connectivity index (χ0n) is 9.26. The summed E-state index contributed by atoms with van der Waals surface area (Å²) in [7, 11) is -3.40. The van der Waals surface area contributed by atoms with E-state index in [-0.39, 0.29) is 5.75 Å². The minimum atomic E-state index is -3.40. The summed E-state index contributed by atoms with van der Waals surface area (Å²) in [6.07, 6.45) is 1.37. The fourth-order valence-electron chi connectivity index (χ4n) is 1.56. The summed E-state index contributed by atoms with van der Waals surface area (Å²) >= 11 is 1.49. The molecular formula is C9H17NO4S2. The summed E-state index contributed by atoms with van der Waals surface area (Å²) in [5, 5.41) is 8.98. The molecule has 1 fully saturated rings. The molecule has 0 amide bonds. The van der Waals surface area contributed by atoms with Crippen molar-refractivity contribution in [3.63, 3.8) is 0 Å². The first-order valence-corrected chi connectivity index (χ1v) is 8.05. The van der Waals surface area contributed by atoms with E-state index in [1.54, 1.807) is 0 Å². The van der Waals surface area contributed by atoms with Crippen molar-refractivity contribution in [3.8, 4) is 0 Å². The van der Waals surface area contributed by atoms with Gasteiger partial charge in [-0.15, -0.1) is 0 Å². The van der Waals surface area contributed by atoms with Gasteiger partial charge in [-0.25, -0.2) is 8.42 Å². The Morgan fingerprint density at radius 1 is 1.56 bits per heavy atom. The maximum atomic E-state index is 11.9. The molecule has 1 aliphatic rings. The largest absolute Gasteiger partial charge is 0.480 e. The Kier molecular flexibility index (Phi) is 5.07. The fraction of sp³-hybridized carbons (Fsp3) is 0.889. The van der Waals surface area contributed by atoms with Gasteiger partial charge in [0.05, 0.1) is 5.75 Å². The maximum Gasteiger partial charge on any atom is 0.322 e. The lowest BCUT2D eigenvalue weighted by Gasteiger charge is -2.31. The van der Waals surface area contributed by atoms with Crippen molar-refractivity contribution < 1.29 is 18.3 Å². The van der Waals surface area contributed by atoms with E-state index in [2.05, 4.69) is 0 Å². The van der Waals surface area contributed by atoms with Crippen LogP contribution in [0.3, 0.4) is 0 Å². The lowest BCUT2D eigenvalue weighted by atomic mass is 10.3. The zero-order chi connectivity index (χ0) is 12.2. The van der Waals surface area contributed by atoms with E-state index in [1.165, 1.54) is 11.8 Å². The summed E-state index contributed by atoms with van der Waals surface area (Å²) < 4.78 is 25.0. The summed E-state index contributed by atoms with van der Waals surface area (Å²) in [5.41, 5.74) is 0. The molecule has 5 nitrogen and oxygen atoms in total. The van der Waals surface area contributed by atoms with Crippen LogP contribution in [0.15, 0.2) is 0 Å². The normalized spacial score (nSPS) is 23.2. The highest BCUT2D eigenvalue weighted by Gasteiger charge is 2.36. The highest BCUT2D eigenvalue weighted by Crippen LogP contribution is 2.20. The number of hydrogen-bond donors (Lipinski definition) is 1. The summed E-state index contributed by atoms with van der Waals surface area (Å²) in [6, 6.07) is -0.888. The lowest BCUT2D eigenvalue weighted by molar-refractivity contribution is -0.140. The van der Waals surface area contributed by atoms with E-state index in [1.807, 2.05) is 6.92 Å². The van der Waals surface area contributed by atoms with Gasteiger partial charge < -0.3 is 5.11 Å². The van der Waals surface area contributed by atoms with Gasteiger partial charge >= 0.3 is 5.97 Å². The molecule has 0 bridgehead atoms. The SMILES string of the molecule is CCCCS(=O)(=O)N1CCSCC1C(=O)O. The first-order valence-electron chi connectivity index (χ1n) is 5.29. The smallest absolute Gasteiger partial charge is 0.322 e. The average molecular weight is 267 g/mol. The molecule has 94 valence electrons. The molecule has 0 radical (unpaired) electrons. The predicted octanol–water partition coefficient (Wildman–Crippen LogP) is 0.618. The quantitative estimate of drug-likeness (QED) is 0.790. The topological polar surface area (TPSA) is 74.7 Å². The number of carboxylic acid groups (broad SMARTS) is 1. The summed E-state index contributed by atoms with van der Waals surface area (Å²) in [5.74, 6) is 0.0283. The van der Waals surface area contributed by atoms with Gasteiger partial charge in [0.15, 0.2) is 0 Å². The number of hydrogen-bond acceptors (Lipinski definition) is 4. The van der Waals surface area contributed by atoms with Crippen LogP contribution in [-0.2, 0) is 14.8 Å². The zero-order valence-corrected chi connectivity index (χ0v) is 10.9. The van der Waals surface area contributed by atoms with Crippen molar-refractivity contribution in [1.29, 1.82) is 0 Å². The van der Waals surface area contributed by atoms with Gasteiger partial charge in [-0.2, -0.15) is 16.1 Å². The molecule has 0 aromatic heterocycles. The Hall–Kier alpha value is -0.270. The van der Waals surface area contributed by atoms with Gasteiger partial charge in [-0.05, 0) is 6.42 Å². The molecule has 1 rings (SSSR count). The molecule has 0 aromatic carbocycles. The molecule has 1 atom stereocenters. The van der Waals surface area contributed by atoms with Crippen LogP contribution in [0.2, 0.25) is 0 Å². The third-order valence-corrected chi connectivity index (χ3v) is 5.46. The van der Waals surface area contributed by atoms with Gasteiger partial charge in [0.25, 0.3) is 0 Å². The number of unbranched alkanes of at least 4 members (excludes halogenated alkanes) is 1. The number of aliphatic carboxylic acids is 1. The number of thioether (sulfide) groups is 1. The van der Waals surface area contributed by atoms with E-state index in [0.29, 0.717) is 24.5 Å². The Morgan fingerprint density at radius 3 is 2.81 bits per heavy atom. The molecule has 1 unspecified atom stereocenters. The highest BCUT2D eigenvalue weighted by atomic mass is 32.2. The van der Waals surface area contributed by atoms with Crippen LogP contribution in [0, 0.1) is 0 Å². The Balaban J connectivity index is 2.78. The number of rotatable bonds is 5. The summed E-state index contributed by atoms with van der Waals surface area (Å²) in [6.45, 7) is 2.23. The lowest BCUT2D eigenvalue weighted by Crippen LogP contribution is -2.50. The Morgan fingerprint density at radius 2 is 2.25 bits per heavy atom. The van der Waals surface area contributed by atoms with Crippen molar-refractivity contribution in [2.75, 3.05) is 23.8 Å². The van der Waals surface area contributed by atoms with Crippen molar-refractivity contribution in [2.45, 2.75) is 25.8 Å². The molecule has 1 saturated heterocycles. The third kappa shape index (κ3) is 3.36. The van der Waals surface area contributed by atoms with Crippen LogP contribution in [0.4, 0.5) is 0 Å². The van der Waals surface area contributed by atoms with Crippen molar-refractivity contribution in [3.05, 3.63) is 0 Å². The number of nitrogens with zero attached hydrogens (tertiary/aromatic N) is 1. The Bertz CT molecular complexity index is 341. The van der Waals surface area contributed by atoms with E-state index < -0.39 is 22.0 Å². The van der Waals surface area contributed by atoms with Crippen molar-refractivity contribution in [1.82, 2.24) is 4.31 Å². The second-order valence-electron chi connectivity index (χ2n) is 3.71. The van der Waals surface area contributed by atoms with Crippen LogP contribution in [-0.4, -0.2) is 53.6 Å². The number of sulfonamides is 1. The minimum absolute atomic E-state index is 0.0535. The predicted molar refractivity (Wildman–Crippen MR) is 64.1 cm³/mol. The van der Waals surface area contributed by atoms with Crippen LogP contribution in [0.25, 0.3) is 0 Å². The van der Waals surface area contributed by atoms with Crippen LogP contribution >= 0.6 is 11.8 Å². The van der Waals surface area contributed by atoms with E-state index in [9.17, 15) is 13.2 Å². The van der Waals surface area contributed by atoms with Gasteiger partial charge in [0, 0.05) is 18.1 Å². The number of carboxylic acids is 1. The monoisotopic (exact) mass is 267 g/mol. The minimum Gasteiger partial charge on any atom is -0.480 e. The highest BCUT2D eigenvalue weighted by molar-refractivity contribution is 7.99. The molecule has 0 aromatic rings. The third-order valence-electron chi connectivity index (χ3n) is 2.48. The second kappa shape index (κ2) is 5.88. The van der Waals surface area contributed by atoms with Gasteiger partial charge in [-0.3, -0.25) is 4.79 Å². The molecule has 16 heavy (non-hydrogen) atoms. The van der Waals surface area contributed by atoms with Gasteiger partial charge in [0.1, 0.15) is 6.04 Å². The molecular weight excluding hydrogens is 250 g/mol. The first-order chi connectivity index (χ1) is 7.49. The average Bonchev–Trinajstić information content (AvgIpc) is 2.26. The van der Waals surface area contributed by atoms with Gasteiger partial charge in [-0.1, -0.05) is 13.3 Å². The molecule has 1 N–H and O–H groups in total. The van der Waals surface area contributed by atoms with Gasteiger partial charge in [0.2, 0.25) is 10.0 Å². The Labute approximate surface area is 100 Å². The second-order valence-corrected chi connectivity index (χ2v) is 6.90. The van der Waals surface area contributed by atoms with E-state index in [0.717, 1.165) is 10.7 Å². The standard InChI is InChI=1S/C9H17NO4S2/c1-2-3-6-16(13,14)10-4-5-15-7-8(10)9(11)12/h8H,2-7H2,1H3,(H,11,12). The molecule has 1 aliphatic heterocycles.